The molecule has 2 aliphatic heterocycles. The average Bonchev–Trinajstić information content (AvgIpc) is 3.53. The maximum Gasteiger partial charge on any atom is 0.415 e. The van der Waals surface area contributed by atoms with Crippen LogP contribution in [0.3, 0.4) is 0 Å². The van der Waals surface area contributed by atoms with Gasteiger partial charge < -0.3 is 19.4 Å². The Hall–Kier alpha value is -4.38. The third-order valence-corrected chi connectivity index (χ3v) is 9.39. The molecule has 0 radical (unpaired) electrons. The van der Waals surface area contributed by atoms with E-state index in [2.05, 4.69) is 14.8 Å². The summed E-state index contributed by atoms with van der Waals surface area (Å²) >= 11 is 0. The van der Waals surface area contributed by atoms with Gasteiger partial charge in [-0.2, -0.15) is 0 Å². The first-order valence-corrected chi connectivity index (χ1v) is 16.4. The Balaban J connectivity index is 1.24. The van der Waals surface area contributed by atoms with Crippen molar-refractivity contribution in [2.45, 2.75) is 45.6 Å². The number of piperidine rings is 1. The molecule has 0 saturated carbocycles. The molecule has 2 amide bonds. The monoisotopic (exact) mass is 647 g/mol. The molecule has 9 nitrogen and oxygen atoms in total. The Morgan fingerprint density at radius 2 is 1.49 bits per heavy atom. The van der Waals surface area contributed by atoms with Crippen LogP contribution in [-0.4, -0.2) is 95.9 Å². The van der Waals surface area contributed by atoms with Crippen LogP contribution in [0, 0.1) is 17.6 Å². The molecule has 3 aromatic rings. The van der Waals surface area contributed by atoms with Gasteiger partial charge in [-0.1, -0.05) is 26.0 Å². The second kappa shape index (κ2) is 15.5. The number of carbonyl (C=O) groups excluding carboxylic acids is 3. The lowest BCUT2D eigenvalue weighted by Gasteiger charge is -2.34. The van der Waals surface area contributed by atoms with E-state index in [0.717, 1.165) is 24.5 Å². The van der Waals surface area contributed by atoms with Gasteiger partial charge in [0.25, 0.3) is 0 Å². The molecule has 0 spiro atoms. The number of benzene rings is 2. The summed E-state index contributed by atoms with van der Waals surface area (Å²) in [5.74, 6) is -0.134. The second-order valence-corrected chi connectivity index (χ2v) is 12.1. The first-order chi connectivity index (χ1) is 22.7. The molecule has 3 heterocycles. The summed E-state index contributed by atoms with van der Waals surface area (Å²) in [6.07, 6.45) is 2.34. The first kappa shape index (κ1) is 34.0. The van der Waals surface area contributed by atoms with Gasteiger partial charge in [-0.3, -0.25) is 14.5 Å². The Bertz CT molecular complexity index is 1510. The molecule has 250 valence electrons. The summed E-state index contributed by atoms with van der Waals surface area (Å²) in [5.41, 5.74) is 1.42. The number of rotatable bonds is 11. The van der Waals surface area contributed by atoms with E-state index in [1.54, 1.807) is 23.2 Å². The van der Waals surface area contributed by atoms with Gasteiger partial charge >= 0.3 is 6.09 Å². The number of Topliss-reactive ketones (excluding diaryl/α,β-unsaturated/α-hetero) is 1. The zero-order valence-electron chi connectivity index (χ0n) is 27.3. The highest BCUT2D eigenvalue weighted by atomic mass is 19.1. The van der Waals surface area contributed by atoms with E-state index < -0.39 is 18.0 Å². The summed E-state index contributed by atoms with van der Waals surface area (Å²) in [6.45, 7) is 10.2. The maximum atomic E-state index is 13.9. The van der Waals surface area contributed by atoms with Crippen molar-refractivity contribution in [2.75, 3.05) is 57.3 Å². The van der Waals surface area contributed by atoms with E-state index in [0.29, 0.717) is 57.7 Å². The van der Waals surface area contributed by atoms with Crippen molar-refractivity contribution in [2.24, 2.45) is 5.92 Å². The molecule has 0 N–H and O–H groups in total. The fourth-order valence-electron chi connectivity index (χ4n) is 6.57. The van der Waals surface area contributed by atoms with Gasteiger partial charge in [0.15, 0.2) is 5.78 Å². The van der Waals surface area contributed by atoms with Crippen molar-refractivity contribution in [1.82, 2.24) is 19.7 Å². The zero-order valence-corrected chi connectivity index (χ0v) is 27.3. The number of halogens is 2. The smallest absolute Gasteiger partial charge is 0.410 e. The molecule has 2 saturated heterocycles. The van der Waals surface area contributed by atoms with Crippen LogP contribution in [0.2, 0.25) is 0 Å². The molecule has 2 atom stereocenters. The van der Waals surface area contributed by atoms with E-state index in [9.17, 15) is 23.2 Å². The molecule has 0 aliphatic carbocycles. The van der Waals surface area contributed by atoms with Crippen LogP contribution in [-0.2, 0) is 4.79 Å². The first-order valence-electron chi connectivity index (χ1n) is 16.4. The minimum atomic E-state index is -0.591. The van der Waals surface area contributed by atoms with Gasteiger partial charge in [0, 0.05) is 56.3 Å². The van der Waals surface area contributed by atoms with E-state index in [4.69, 9.17) is 4.74 Å². The van der Waals surface area contributed by atoms with Crippen LogP contribution in [0.25, 0.3) is 0 Å². The fraction of sp³-hybridized carbons (Fsp3) is 0.444. The van der Waals surface area contributed by atoms with Crippen LogP contribution in [0.5, 0.6) is 5.75 Å². The summed E-state index contributed by atoms with van der Waals surface area (Å²) in [7, 11) is 0. The molecule has 2 fully saturated rings. The highest BCUT2D eigenvalue weighted by Gasteiger charge is 2.43. The van der Waals surface area contributed by atoms with Gasteiger partial charge in [-0.05, 0) is 86.9 Å². The number of ether oxygens (including phenoxy) is 1. The molecule has 1 aromatic heterocycles. The van der Waals surface area contributed by atoms with Crippen LogP contribution >= 0.6 is 0 Å². The predicted octanol–water partition coefficient (Wildman–Crippen LogP) is 5.62. The lowest BCUT2D eigenvalue weighted by Crippen LogP contribution is -2.47. The molecule has 11 heteroatoms. The largest absolute Gasteiger partial charge is 0.415 e. The zero-order chi connectivity index (χ0) is 33.5. The molecular weight excluding hydrogens is 604 g/mol. The standard InChI is InChI=1S/C36H43F2N5O4/c1-4-40(5-2)24-33(44)27-9-16-34(39-21-27)41-19-17-26(18-20-41)35(45)42-22-31(25-7-10-28(37)11-8-25)32(23-42)43(6-3)36(46)47-30-14-12-29(38)13-15-30/h7-16,21,26,31-32H,4-6,17-20,22-24H2,1-3H3/t31-,32+/m0/s1. The molecule has 0 unspecified atom stereocenters. The number of hydrogen-bond acceptors (Lipinski definition) is 7. The van der Waals surface area contributed by atoms with Crippen molar-refractivity contribution in [3.8, 4) is 5.75 Å². The Labute approximate surface area is 275 Å². The van der Waals surface area contributed by atoms with E-state index >= 15 is 0 Å². The lowest BCUT2D eigenvalue weighted by atomic mass is 9.93. The van der Waals surface area contributed by atoms with E-state index in [1.807, 2.05) is 37.8 Å². The number of hydrogen-bond donors (Lipinski definition) is 0. The number of pyridine rings is 1. The van der Waals surface area contributed by atoms with Crippen LogP contribution in [0.15, 0.2) is 66.9 Å². The van der Waals surface area contributed by atoms with Gasteiger partial charge in [-0.25, -0.2) is 18.6 Å². The SMILES string of the molecule is CCN(CC)CC(=O)c1ccc(N2CCC(C(=O)N3C[C@@H](N(CC)C(=O)Oc4ccc(F)cc4)[C@H](c4ccc(F)cc4)C3)CC2)nc1. The number of likely N-dealkylation sites (N-methyl/N-ethyl adjacent to an activating group) is 2. The number of amides is 2. The Morgan fingerprint density at radius 1 is 0.851 bits per heavy atom. The number of anilines is 1. The van der Waals surface area contributed by atoms with Crippen molar-refractivity contribution < 1.29 is 27.9 Å². The minimum Gasteiger partial charge on any atom is -0.410 e. The normalized spacial score (nSPS) is 18.4. The second-order valence-electron chi connectivity index (χ2n) is 12.1. The van der Waals surface area contributed by atoms with Gasteiger partial charge in [0.1, 0.15) is 23.2 Å². The van der Waals surface area contributed by atoms with Crippen molar-refractivity contribution >= 4 is 23.6 Å². The van der Waals surface area contributed by atoms with Crippen molar-refractivity contribution in [3.05, 3.63) is 89.6 Å². The van der Waals surface area contributed by atoms with Crippen LogP contribution in [0.1, 0.15) is 55.5 Å². The fourth-order valence-corrected chi connectivity index (χ4v) is 6.57. The van der Waals surface area contributed by atoms with Crippen molar-refractivity contribution in [1.29, 1.82) is 0 Å². The van der Waals surface area contributed by atoms with Gasteiger partial charge in [-0.15, -0.1) is 0 Å². The number of ketones is 1. The van der Waals surface area contributed by atoms with Gasteiger partial charge in [0.05, 0.1) is 12.6 Å². The molecular formula is C36H43F2N5O4. The third kappa shape index (κ3) is 8.13. The molecule has 2 aromatic carbocycles. The van der Waals surface area contributed by atoms with E-state index in [-0.39, 0.29) is 35.1 Å². The predicted molar refractivity (Wildman–Crippen MR) is 176 cm³/mol. The van der Waals surface area contributed by atoms with Crippen molar-refractivity contribution in [3.63, 3.8) is 0 Å². The highest BCUT2D eigenvalue weighted by Crippen LogP contribution is 2.34. The summed E-state index contributed by atoms with van der Waals surface area (Å²) in [6, 6.07) is 14.7. The number of aromatic nitrogens is 1. The molecule has 47 heavy (non-hydrogen) atoms. The third-order valence-electron chi connectivity index (χ3n) is 9.39. The van der Waals surface area contributed by atoms with E-state index in [1.165, 1.54) is 36.4 Å². The number of likely N-dealkylation sites (tertiary alicyclic amines) is 1. The molecule has 5 rings (SSSR count). The summed E-state index contributed by atoms with van der Waals surface area (Å²) in [5, 5.41) is 0. The lowest BCUT2D eigenvalue weighted by molar-refractivity contribution is -0.135. The highest BCUT2D eigenvalue weighted by molar-refractivity contribution is 5.97. The van der Waals surface area contributed by atoms with Crippen LogP contribution in [0.4, 0.5) is 19.4 Å². The number of nitrogens with zero attached hydrogens (tertiary/aromatic N) is 5. The maximum absolute atomic E-state index is 13.9. The Kier molecular flexibility index (Phi) is 11.2. The topological polar surface area (TPSA) is 86.3 Å². The number of carbonyl (C=O) groups is 3. The Morgan fingerprint density at radius 3 is 2.06 bits per heavy atom. The summed E-state index contributed by atoms with van der Waals surface area (Å²) < 4.78 is 32.8. The average molecular weight is 648 g/mol. The quantitative estimate of drug-likeness (QED) is 0.250. The molecule has 0 bridgehead atoms. The molecule has 2 aliphatic rings. The van der Waals surface area contributed by atoms with Gasteiger partial charge in [0.2, 0.25) is 5.91 Å². The minimum absolute atomic E-state index is 0.0347. The summed E-state index contributed by atoms with van der Waals surface area (Å²) in [4.78, 5) is 52.1. The van der Waals surface area contributed by atoms with Crippen LogP contribution < -0.4 is 9.64 Å².